The van der Waals surface area contributed by atoms with Gasteiger partial charge in [-0.3, -0.25) is 4.79 Å². The third kappa shape index (κ3) is 2.83. The first kappa shape index (κ1) is 17.5. The summed E-state index contributed by atoms with van der Waals surface area (Å²) in [5.41, 5.74) is 6.42. The van der Waals surface area contributed by atoms with Crippen molar-refractivity contribution >= 4 is 22.5 Å². The van der Waals surface area contributed by atoms with Crippen LogP contribution < -0.4 is 5.32 Å². The molecule has 5 rings (SSSR count). The number of fused-ring (bicyclic) bond motifs is 2. The Kier molecular flexibility index (Phi) is 3.72. The minimum absolute atomic E-state index is 0.0672. The Morgan fingerprint density at radius 2 is 1.82 bits per heavy atom. The lowest BCUT2D eigenvalue weighted by atomic mass is 9.92. The molecule has 2 aromatic carbocycles. The van der Waals surface area contributed by atoms with Crippen LogP contribution in [-0.2, 0) is 33.6 Å². The van der Waals surface area contributed by atoms with Gasteiger partial charge in [0.25, 0.3) is 0 Å². The fraction of sp³-hybridized carbons (Fsp3) is 0.375. The highest BCUT2D eigenvalue weighted by Crippen LogP contribution is 2.49. The van der Waals surface area contributed by atoms with Crippen molar-refractivity contribution in [2.24, 2.45) is 0 Å². The average molecular weight is 374 g/mol. The number of anilines is 1. The minimum atomic E-state index is -0.388. The van der Waals surface area contributed by atoms with E-state index in [0.29, 0.717) is 13.2 Å². The van der Waals surface area contributed by atoms with Crippen LogP contribution in [0.3, 0.4) is 0 Å². The van der Waals surface area contributed by atoms with Crippen LogP contribution in [0.4, 0.5) is 5.69 Å². The molecule has 0 saturated heterocycles. The lowest BCUT2D eigenvalue weighted by Crippen LogP contribution is -2.27. The SMILES string of the molecule is CC(C)(C)c1cc2cc(NC(=O)C3(c4ccc5c(c4)COC5)CC3)ccc2[nH]1. The summed E-state index contributed by atoms with van der Waals surface area (Å²) in [5, 5.41) is 4.29. The molecule has 4 nitrogen and oxygen atoms in total. The Hall–Kier alpha value is -2.59. The molecule has 1 saturated carbocycles. The van der Waals surface area contributed by atoms with Crippen LogP contribution >= 0.6 is 0 Å². The molecule has 3 aromatic rings. The summed E-state index contributed by atoms with van der Waals surface area (Å²) in [4.78, 5) is 16.6. The summed E-state index contributed by atoms with van der Waals surface area (Å²) in [5.74, 6) is 0.0947. The predicted octanol–water partition coefficient (Wildman–Crippen LogP) is 5.17. The van der Waals surface area contributed by atoms with Crippen molar-refractivity contribution in [3.8, 4) is 0 Å². The maximum atomic E-state index is 13.1. The van der Waals surface area contributed by atoms with Crippen LogP contribution in [0.1, 0.15) is 56.0 Å². The molecule has 4 heteroatoms. The van der Waals surface area contributed by atoms with Crippen LogP contribution in [-0.4, -0.2) is 10.9 Å². The molecular weight excluding hydrogens is 348 g/mol. The number of benzene rings is 2. The summed E-state index contributed by atoms with van der Waals surface area (Å²) in [6.45, 7) is 7.92. The number of carbonyl (C=O) groups is 1. The predicted molar refractivity (Wildman–Crippen MR) is 111 cm³/mol. The van der Waals surface area contributed by atoms with Crippen molar-refractivity contribution < 1.29 is 9.53 Å². The summed E-state index contributed by atoms with van der Waals surface area (Å²) in [7, 11) is 0. The van der Waals surface area contributed by atoms with Crippen LogP contribution in [0, 0.1) is 0 Å². The first-order valence-corrected chi connectivity index (χ1v) is 10.00. The number of H-pyrrole nitrogens is 1. The van der Waals surface area contributed by atoms with E-state index in [2.05, 4.69) is 61.4 Å². The zero-order valence-electron chi connectivity index (χ0n) is 16.7. The van der Waals surface area contributed by atoms with Crippen molar-refractivity contribution in [2.45, 2.75) is 57.7 Å². The fourth-order valence-electron chi connectivity index (χ4n) is 4.11. The second-order valence-electron chi connectivity index (χ2n) is 9.25. The summed E-state index contributed by atoms with van der Waals surface area (Å²) >= 11 is 0. The van der Waals surface area contributed by atoms with E-state index in [4.69, 9.17) is 4.74 Å². The Bertz CT molecular complexity index is 1080. The quantitative estimate of drug-likeness (QED) is 0.665. The average Bonchev–Trinajstić information content (AvgIpc) is 3.13. The van der Waals surface area contributed by atoms with Crippen molar-refractivity contribution in [1.82, 2.24) is 4.98 Å². The number of aromatic amines is 1. The third-order valence-electron chi connectivity index (χ3n) is 6.15. The standard InChI is InChI=1S/C24H26N2O2/c1-23(2,3)21-12-16-11-19(6-7-20(16)26-21)25-22(27)24(8-9-24)18-5-4-15-13-28-14-17(15)10-18/h4-7,10-12,26H,8-9,13-14H2,1-3H3,(H,25,27). The van der Waals surface area contributed by atoms with E-state index in [1.807, 2.05) is 12.1 Å². The smallest absolute Gasteiger partial charge is 0.235 e. The normalized spacial score (nSPS) is 17.5. The maximum Gasteiger partial charge on any atom is 0.235 e. The number of rotatable bonds is 3. The monoisotopic (exact) mass is 374 g/mol. The van der Waals surface area contributed by atoms with Gasteiger partial charge in [0.2, 0.25) is 5.91 Å². The highest BCUT2D eigenvalue weighted by atomic mass is 16.5. The highest BCUT2D eigenvalue weighted by molar-refractivity contribution is 6.02. The molecule has 1 amide bonds. The highest BCUT2D eigenvalue weighted by Gasteiger charge is 2.51. The molecule has 1 aliphatic heterocycles. The zero-order chi connectivity index (χ0) is 19.5. The molecule has 1 aromatic heterocycles. The van der Waals surface area contributed by atoms with Crippen molar-refractivity contribution in [3.05, 3.63) is 64.8 Å². The number of hydrogen-bond acceptors (Lipinski definition) is 2. The van der Waals surface area contributed by atoms with Crippen molar-refractivity contribution in [3.63, 3.8) is 0 Å². The van der Waals surface area contributed by atoms with Gasteiger partial charge in [0.05, 0.1) is 18.6 Å². The number of hydrogen-bond donors (Lipinski definition) is 2. The van der Waals surface area contributed by atoms with Gasteiger partial charge in [-0.2, -0.15) is 0 Å². The molecule has 2 N–H and O–H groups in total. The van der Waals surface area contributed by atoms with Gasteiger partial charge in [-0.25, -0.2) is 0 Å². The molecule has 0 atom stereocenters. The second-order valence-corrected chi connectivity index (χ2v) is 9.25. The third-order valence-corrected chi connectivity index (χ3v) is 6.15. The van der Waals surface area contributed by atoms with E-state index in [0.717, 1.165) is 35.0 Å². The molecule has 0 radical (unpaired) electrons. The van der Waals surface area contributed by atoms with Crippen LogP contribution in [0.15, 0.2) is 42.5 Å². The second kappa shape index (κ2) is 5.95. The van der Waals surface area contributed by atoms with Gasteiger partial charge in [-0.1, -0.05) is 39.0 Å². The molecule has 0 bridgehead atoms. The first-order valence-electron chi connectivity index (χ1n) is 10.00. The van der Waals surface area contributed by atoms with Gasteiger partial charge < -0.3 is 15.0 Å². The Labute approximate surface area is 165 Å². The molecule has 1 fully saturated rings. The number of aromatic nitrogens is 1. The minimum Gasteiger partial charge on any atom is -0.372 e. The molecular formula is C24H26N2O2. The van der Waals surface area contributed by atoms with Gasteiger partial charge in [-0.15, -0.1) is 0 Å². The van der Waals surface area contributed by atoms with Gasteiger partial charge in [-0.05, 0) is 53.8 Å². The first-order chi connectivity index (χ1) is 13.3. The van der Waals surface area contributed by atoms with Gasteiger partial charge >= 0.3 is 0 Å². The largest absolute Gasteiger partial charge is 0.372 e. The van der Waals surface area contributed by atoms with Crippen molar-refractivity contribution in [1.29, 1.82) is 0 Å². The fourth-order valence-corrected chi connectivity index (χ4v) is 4.11. The summed E-state index contributed by atoms with van der Waals surface area (Å²) in [6, 6.07) is 14.7. The summed E-state index contributed by atoms with van der Waals surface area (Å²) < 4.78 is 5.52. The van der Waals surface area contributed by atoms with Crippen LogP contribution in [0.5, 0.6) is 0 Å². The van der Waals surface area contributed by atoms with E-state index in [9.17, 15) is 4.79 Å². The molecule has 144 valence electrons. The number of nitrogens with one attached hydrogen (secondary N) is 2. The van der Waals surface area contributed by atoms with Gasteiger partial charge in [0.15, 0.2) is 0 Å². The lowest BCUT2D eigenvalue weighted by molar-refractivity contribution is -0.118. The lowest BCUT2D eigenvalue weighted by Gasteiger charge is -2.17. The van der Waals surface area contributed by atoms with E-state index < -0.39 is 0 Å². The van der Waals surface area contributed by atoms with Crippen molar-refractivity contribution in [2.75, 3.05) is 5.32 Å². The maximum absolute atomic E-state index is 13.1. The molecule has 2 heterocycles. The van der Waals surface area contributed by atoms with Gasteiger partial charge in [0.1, 0.15) is 0 Å². The Morgan fingerprint density at radius 3 is 2.57 bits per heavy atom. The van der Waals surface area contributed by atoms with Gasteiger partial charge in [0, 0.05) is 27.7 Å². The molecule has 28 heavy (non-hydrogen) atoms. The Morgan fingerprint density at radius 1 is 1.04 bits per heavy atom. The molecule has 0 spiro atoms. The number of amides is 1. The van der Waals surface area contributed by atoms with Crippen LogP contribution in [0.2, 0.25) is 0 Å². The molecule has 1 aliphatic carbocycles. The molecule has 2 aliphatic rings. The van der Waals surface area contributed by atoms with E-state index in [1.54, 1.807) is 0 Å². The van der Waals surface area contributed by atoms with E-state index in [1.165, 1.54) is 16.8 Å². The molecule has 0 unspecified atom stereocenters. The topological polar surface area (TPSA) is 54.1 Å². The summed E-state index contributed by atoms with van der Waals surface area (Å²) in [6.07, 6.45) is 1.80. The number of ether oxygens (including phenoxy) is 1. The van der Waals surface area contributed by atoms with Crippen LogP contribution in [0.25, 0.3) is 10.9 Å². The number of carbonyl (C=O) groups excluding carboxylic acids is 1. The zero-order valence-corrected chi connectivity index (χ0v) is 16.7. The van der Waals surface area contributed by atoms with E-state index in [-0.39, 0.29) is 16.7 Å². The van der Waals surface area contributed by atoms with E-state index >= 15 is 0 Å². The Balaban J connectivity index is 1.40.